The molecule has 0 radical (unpaired) electrons. The molecule has 2 aromatic heterocycles. The third-order valence-corrected chi connectivity index (χ3v) is 4.17. The Bertz CT molecular complexity index is 932. The summed E-state index contributed by atoms with van der Waals surface area (Å²) in [7, 11) is 1.55. The van der Waals surface area contributed by atoms with Crippen molar-refractivity contribution in [2.45, 2.75) is 25.9 Å². The van der Waals surface area contributed by atoms with E-state index in [2.05, 4.69) is 15.2 Å². The first-order valence-electron chi connectivity index (χ1n) is 8.27. The molecule has 0 aliphatic heterocycles. The second-order valence-electron chi connectivity index (χ2n) is 5.97. The molecule has 3 rings (SSSR count). The number of aromatic nitrogens is 3. The van der Waals surface area contributed by atoms with Crippen LogP contribution in [0.4, 0.5) is 0 Å². The zero-order valence-corrected chi connectivity index (χ0v) is 14.9. The normalized spacial score (nSPS) is 12.0. The average molecular weight is 369 g/mol. The third kappa shape index (κ3) is 3.95. The molecule has 8 heteroatoms. The zero-order chi connectivity index (χ0) is 19.4. The molecular formula is C19H19N3O5. The highest BCUT2D eigenvalue weighted by atomic mass is 16.5. The number of pyridine rings is 1. The molecule has 140 valence electrons. The third-order valence-electron chi connectivity index (χ3n) is 4.17. The van der Waals surface area contributed by atoms with Gasteiger partial charge in [-0.05, 0) is 23.3 Å². The summed E-state index contributed by atoms with van der Waals surface area (Å²) >= 11 is 0. The fraction of sp³-hybridized carbons (Fsp3) is 0.263. The second kappa shape index (κ2) is 7.96. The van der Waals surface area contributed by atoms with Crippen molar-refractivity contribution in [3.05, 3.63) is 59.6 Å². The van der Waals surface area contributed by atoms with Crippen molar-refractivity contribution in [1.82, 2.24) is 15.2 Å². The molecule has 1 unspecified atom stereocenters. The molecule has 1 atom stereocenters. The molecule has 0 spiro atoms. The summed E-state index contributed by atoms with van der Waals surface area (Å²) in [6.45, 7) is 1.48. The van der Waals surface area contributed by atoms with Crippen molar-refractivity contribution in [3.8, 4) is 16.9 Å². The van der Waals surface area contributed by atoms with Gasteiger partial charge in [0.05, 0.1) is 26.1 Å². The highest BCUT2D eigenvalue weighted by molar-refractivity contribution is 5.74. The van der Waals surface area contributed by atoms with Gasteiger partial charge in [0.2, 0.25) is 11.8 Å². The highest BCUT2D eigenvalue weighted by Crippen LogP contribution is 2.36. The summed E-state index contributed by atoms with van der Waals surface area (Å²) < 4.78 is 10.9. The van der Waals surface area contributed by atoms with Crippen LogP contribution in [0.3, 0.4) is 0 Å². The Balaban J connectivity index is 2.10. The summed E-state index contributed by atoms with van der Waals surface area (Å²) in [4.78, 5) is 15.6. The smallest absolute Gasteiger partial charge is 0.304 e. The minimum absolute atomic E-state index is 0.168. The SMILES string of the molecule is COc1cccc(CO)c1-c1cncc(C(CC(=O)O)c2nnc(C)o2)c1. The molecule has 0 bridgehead atoms. The van der Waals surface area contributed by atoms with E-state index in [-0.39, 0.29) is 18.9 Å². The number of hydrogen-bond acceptors (Lipinski definition) is 7. The summed E-state index contributed by atoms with van der Waals surface area (Å²) in [5.41, 5.74) is 2.69. The van der Waals surface area contributed by atoms with Gasteiger partial charge in [0, 0.05) is 30.4 Å². The largest absolute Gasteiger partial charge is 0.496 e. The predicted octanol–water partition coefficient (Wildman–Crippen LogP) is 2.55. The van der Waals surface area contributed by atoms with Gasteiger partial charge in [0.25, 0.3) is 0 Å². The lowest BCUT2D eigenvalue weighted by atomic mass is 9.93. The van der Waals surface area contributed by atoms with Crippen LogP contribution in [0.25, 0.3) is 11.1 Å². The number of carboxylic acids is 1. The maximum atomic E-state index is 11.4. The molecule has 27 heavy (non-hydrogen) atoms. The van der Waals surface area contributed by atoms with Gasteiger partial charge >= 0.3 is 5.97 Å². The van der Waals surface area contributed by atoms with Crippen LogP contribution in [-0.2, 0) is 11.4 Å². The van der Waals surface area contributed by atoms with E-state index < -0.39 is 11.9 Å². The molecule has 1 aromatic carbocycles. The molecule has 0 amide bonds. The Morgan fingerprint density at radius 3 is 2.74 bits per heavy atom. The van der Waals surface area contributed by atoms with Gasteiger partial charge in [0.15, 0.2) is 0 Å². The molecule has 0 saturated carbocycles. The van der Waals surface area contributed by atoms with E-state index in [1.165, 1.54) is 0 Å². The van der Waals surface area contributed by atoms with E-state index in [0.29, 0.717) is 33.9 Å². The van der Waals surface area contributed by atoms with Crippen molar-refractivity contribution in [1.29, 1.82) is 0 Å². The van der Waals surface area contributed by atoms with Gasteiger partial charge in [-0.3, -0.25) is 9.78 Å². The van der Waals surface area contributed by atoms with Crippen LogP contribution in [0.2, 0.25) is 0 Å². The summed E-state index contributed by atoms with van der Waals surface area (Å²) in [5, 5.41) is 26.8. The Kier molecular flexibility index (Phi) is 5.46. The Morgan fingerprint density at radius 1 is 1.30 bits per heavy atom. The molecular weight excluding hydrogens is 350 g/mol. The number of nitrogens with zero attached hydrogens (tertiary/aromatic N) is 3. The van der Waals surface area contributed by atoms with Crippen LogP contribution in [-0.4, -0.2) is 38.5 Å². The van der Waals surface area contributed by atoms with E-state index in [4.69, 9.17) is 9.15 Å². The Hall–Kier alpha value is -3.26. The number of methoxy groups -OCH3 is 1. The molecule has 0 saturated heterocycles. The molecule has 0 aliphatic rings. The van der Waals surface area contributed by atoms with Crippen molar-refractivity contribution in [2.24, 2.45) is 0 Å². The van der Waals surface area contributed by atoms with Gasteiger partial charge in [-0.1, -0.05) is 12.1 Å². The van der Waals surface area contributed by atoms with Crippen LogP contribution in [0, 0.1) is 6.92 Å². The number of rotatable bonds is 7. The lowest BCUT2D eigenvalue weighted by Gasteiger charge is -2.15. The topological polar surface area (TPSA) is 119 Å². The van der Waals surface area contributed by atoms with Crippen molar-refractivity contribution >= 4 is 5.97 Å². The van der Waals surface area contributed by atoms with E-state index in [1.807, 2.05) is 0 Å². The van der Waals surface area contributed by atoms with Gasteiger partial charge < -0.3 is 19.4 Å². The van der Waals surface area contributed by atoms with Gasteiger partial charge in [-0.25, -0.2) is 0 Å². The van der Waals surface area contributed by atoms with Crippen LogP contribution in [0.5, 0.6) is 5.75 Å². The van der Waals surface area contributed by atoms with E-state index in [9.17, 15) is 15.0 Å². The lowest BCUT2D eigenvalue weighted by Crippen LogP contribution is -2.09. The highest BCUT2D eigenvalue weighted by Gasteiger charge is 2.25. The van der Waals surface area contributed by atoms with Crippen molar-refractivity contribution in [3.63, 3.8) is 0 Å². The molecule has 2 N–H and O–H groups in total. The second-order valence-corrected chi connectivity index (χ2v) is 5.97. The summed E-state index contributed by atoms with van der Waals surface area (Å²) in [6, 6.07) is 7.18. The zero-order valence-electron chi connectivity index (χ0n) is 14.9. The van der Waals surface area contributed by atoms with Crippen molar-refractivity contribution in [2.75, 3.05) is 7.11 Å². The first kappa shape index (κ1) is 18.5. The first-order chi connectivity index (χ1) is 13.0. The Labute approximate surface area is 155 Å². The number of hydrogen-bond donors (Lipinski definition) is 2. The Morgan fingerprint density at radius 2 is 2.11 bits per heavy atom. The maximum absolute atomic E-state index is 11.4. The maximum Gasteiger partial charge on any atom is 0.304 e. The van der Waals surface area contributed by atoms with Crippen LogP contribution in [0.15, 0.2) is 41.1 Å². The number of ether oxygens (including phenoxy) is 1. The molecule has 0 fully saturated rings. The van der Waals surface area contributed by atoms with Crippen LogP contribution in [0.1, 0.15) is 35.2 Å². The van der Waals surface area contributed by atoms with Crippen LogP contribution >= 0.6 is 0 Å². The minimum atomic E-state index is -0.991. The first-order valence-corrected chi connectivity index (χ1v) is 8.27. The minimum Gasteiger partial charge on any atom is -0.496 e. The average Bonchev–Trinajstić information content (AvgIpc) is 3.11. The van der Waals surface area contributed by atoms with Gasteiger partial charge in [0.1, 0.15) is 5.75 Å². The molecule has 0 aliphatic carbocycles. The standard InChI is InChI=1S/C19H19N3O5/c1-11-21-22-19(27-11)15(7-17(24)25)13-6-14(9-20-8-13)18-12(10-23)4-3-5-16(18)26-2/h3-6,8-9,15,23H,7,10H2,1-2H3,(H,24,25). The number of benzene rings is 1. The molecule has 2 heterocycles. The number of aryl methyl sites for hydroxylation is 1. The quantitative estimate of drug-likeness (QED) is 0.652. The molecule has 8 nitrogen and oxygen atoms in total. The predicted molar refractivity (Wildman–Crippen MR) is 95.3 cm³/mol. The van der Waals surface area contributed by atoms with Crippen molar-refractivity contribution < 1.29 is 24.2 Å². The van der Waals surface area contributed by atoms with E-state index in [0.717, 1.165) is 0 Å². The van der Waals surface area contributed by atoms with E-state index >= 15 is 0 Å². The number of carboxylic acid groups (broad SMARTS) is 1. The number of carbonyl (C=O) groups is 1. The monoisotopic (exact) mass is 369 g/mol. The lowest BCUT2D eigenvalue weighted by molar-refractivity contribution is -0.137. The van der Waals surface area contributed by atoms with Crippen LogP contribution < -0.4 is 4.74 Å². The fourth-order valence-electron chi connectivity index (χ4n) is 2.97. The number of aliphatic hydroxyl groups is 1. The van der Waals surface area contributed by atoms with Gasteiger partial charge in [-0.2, -0.15) is 0 Å². The number of aliphatic carboxylic acids is 1. The van der Waals surface area contributed by atoms with Gasteiger partial charge in [-0.15, -0.1) is 10.2 Å². The number of aliphatic hydroxyl groups excluding tert-OH is 1. The van der Waals surface area contributed by atoms with E-state index in [1.54, 1.807) is 50.7 Å². The summed E-state index contributed by atoms with van der Waals surface area (Å²) in [6.07, 6.45) is 2.99. The molecule has 3 aromatic rings. The summed E-state index contributed by atoms with van der Waals surface area (Å²) in [5.74, 6) is -0.463. The fourth-order valence-corrected chi connectivity index (χ4v) is 2.97.